The van der Waals surface area contributed by atoms with Crippen LogP contribution in [0.25, 0.3) is 0 Å². The highest BCUT2D eigenvalue weighted by molar-refractivity contribution is 7.88. The molecule has 0 aliphatic carbocycles. The Bertz CT molecular complexity index is 642. The Balaban J connectivity index is 2.05. The molecule has 1 amide bonds. The van der Waals surface area contributed by atoms with Crippen LogP contribution in [0.5, 0.6) is 0 Å². The van der Waals surface area contributed by atoms with Gasteiger partial charge in [-0.15, -0.1) is 0 Å². The highest BCUT2D eigenvalue weighted by Gasteiger charge is 2.28. The van der Waals surface area contributed by atoms with Gasteiger partial charge in [-0.25, -0.2) is 13.1 Å². The molecule has 1 atom stereocenters. The minimum atomic E-state index is -3.19. The molecule has 0 radical (unpaired) electrons. The predicted molar refractivity (Wildman–Crippen MR) is 87.9 cm³/mol. The first kappa shape index (κ1) is 17.2. The molecule has 0 aromatic carbocycles. The van der Waals surface area contributed by atoms with E-state index >= 15 is 0 Å². The summed E-state index contributed by atoms with van der Waals surface area (Å²) in [4.78, 5) is 14.5. The number of aryl methyl sites for hydroxylation is 1. The van der Waals surface area contributed by atoms with Crippen LogP contribution in [0.3, 0.4) is 0 Å². The number of hydrogen-bond acceptors (Lipinski definition) is 6. The fourth-order valence-electron chi connectivity index (χ4n) is 2.64. The number of piperidine rings is 1. The van der Waals surface area contributed by atoms with Crippen LogP contribution in [0.1, 0.15) is 28.9 Å². The van der Waals surface area contributed by atoms with Crippen LogP contribution >= 0.6 is 11.5 Å². The number of likely N-dealkylation sites (tertiary alicyclic amines) is 1. The van der Waals surface area contributed by atoms with Gasteiger partial charge in [0.2, 0.25) is 10.0 Å². The lowest BCUT2D eigenvalue weighted by atomic mass is 9.97. The third kappa shape index (κ3) is 4.17. The molecule has 2 rings (SSSR count). The maximum Gasteiger partial charge on any atom is 0.258 e. The molecule has 7 nitrogen and oxygen atoms in total. The van der Waals surface area contributed by atoms with Gasteiger partial charge in [-0.1, -0.05) is 0 Å². The molecule has 124 valence electrons. The van der Waals surface area contributed by atoms with Gasteiger partial charge in [0.05, 0.1) is 17.5 Å². The second-order valence-electron chi connectivity index (χ2n) is 5.60. The van der Waals surface area contributed by atoms with E-state index in [2.05, 4.69) is 14.4 Å². The zero-order chi connectivity index (χ0) is 16.3. The molecule has 22 heavy (non-hydrogen) atoms. The third-order valence-electron chi connectivity index (χ3n) is 3.74. The molecule has 1 fully saturated rings. The molecule has 1 aliphatic rings. The number of carbonyl (C=O) groups is 1. The Morgan fingerprint density at radius 3 is 2.86 bits per heavy atom. The first-order chi connectivity index (χ1) is 10.3. The number of hydrogen-bond donors (Lipinski definition) is 2. The van der Waals surface area contributed by atoms with E-state index in [-0.39, 0.29) is 11.8 Å². The van der Waals surface area contributed by atoms with Gasteiger partial charge in [0.25, 0.3) is 5.91 Å². The zero-order valence-corrected chi connectivity index (χ0v) is 14.7. The van der Waals surface area contributed by atoms with Gasteiger partial charge in [0.1, 0.15) is 5.00 Å². The highest BCUT2D eigenvalue weighted by Crippen LogP contribution is 2.27. The molecule has 1 saturated heterocycles. The van der Waals surface area contributed by atoms with Crippen molar-refractivity contribution < 1.29 is 13.2 Å². The lowest BCUT2D eigenvalue weighted by molar-refractivity contribution is 0.0677. The van der Waals surface area contributed by atoms with E-state index in [1.807, 2.05) is 6.92 Å². The maximum atomic E-state index is 12.7. The van der Waals surface area contributed by atoms with E-state index < -0.39 is 10.0 Å². The molecular weight excluding hydrogens is 324 g/mol. The van der Waals surface area contributed by atoms with Gasteiger partial charge in [0.15, 0.2) is 0 Å². The van der Waals surface area contributed by atoms with Crippen molar-refractivity contribution in [1.82, 2.24) is 14.0 Å². The van der Waals surface area contributed by atoms with Crippen molar-refractivity contribution in [2.75, 3.05) is 38.3 Å². The van der Waals surface area contributed by atoms with Crippen molar-refractivity contribution >= 4 is 32.5 Å². The monoisotopic (exact) mass is 346 g/mol. The second-order valence-corrected chi connectivity index (χ2v) is 8.21. The Morgan fingerprint density at radius 1 is 1.50 bits per heavy atom. The lowest BCUT2D eigenvalue weighted by Gasteiger charge is -2.33. The first-order valence-corrected chi connectivity index (χ1v) is 9.86. The molecule has 2 N–H and O–H groups in total. The quantitative estimate of drug-likeness (QED) is 0.826. The van der Waals surface area contributed by atoms with E-state index in [4.69, 9.17) is 0 Å². The summed E-state index contributed by atoms with van der Waals surface area (Å²) in [6.07, 6.45) is 2.96. The normalized spacial score (nSPS) is 19.2. The molecule has 0 bridgehead atoms. The topological polar surface area (TPSA) is 91.4 Å². The van der Waals surface area contributed by atoms with Gasteiger partial charge in [0, 0.05) is 26.7 Å². The summed E-state index contributed by atoms with van der Waals surface area (Å²) in [6.45, 7) is 3.48. The predicted octanol–water partition coefficient (Wildman–Crippen LogP) is 0.895. The van der Waals surface area contributed by atoms with Crippen molar-refractivity contribution in [1.29, 1.82) is 0 Å². The number of amides is 1. The average molecular weight is 346 g/mol. The summed E-state index contributed by atoms with van der Waals surface area (Å²) >= 11 is 1.28. The minimum Gasteiger partial charge on any atom is -0.378 e. The van der Waals surface area contributed by atoms with Gasteiger partial charge < -0.3 is 10.2 Å². The molecule has 1 aromatic heterocycles. The van der Waals surface area contributed by atoms with Gasteiger partial charge in [-0.05, 0) is 37.2 Å². The Morgan fingerprint density at radius 2 is 2.23 bits per heavy atom. The number of carbonyl (C=O) groups excluding carboxylic acids is 1. The van der Waals surface area contributed by atoms with Gasteiger partial charge in [-0.2, -0.15) is 4.37 Å². The fraction of sp³-hybridized carbons (Fsp3) is 0.692. The lowest BCUT2D eigenvalue weighted by Crippen LogP contribution is -2.43. The molecule has 9 heteroatoms. The molecule has 2 heterocycles. The van der Waals surface area contributed by atoms with E-state index in [1.165, 1.54) is 11.5 Å². The molecule has 0 spiro atoms. The van der Waals surface area contributed by atoms with E-state index in [9.17, 15) is 13.2 Å². The SMILES string of the molecule is CNc1snc(C)c1C(=O)N1CCC[C@@H](CNS(C)(=O)=O)C1. The number of nitrogens with one attached hydrogen (secondary N) is 2. The fourth-order valence-corrected chi connectivity index (χ4v) is 3.91. The number of anilines is 1. The Labute approximate surface area is 135 Å². The van der Waals surface area contributed by atoms with Crippen LogP contribution in [0.2, 0.25) is 0 Å². The van der Waals surface area contributed by atoms with Gasteiger partial charge in [-0.3, -0.25) is 4.79 Å². The van der Waals surface area contributed by atoms with Crippen molar-refractivity contribution in [3.8, 4) is 0 Å². The number of nitrogens with zero attached hydrogens (tertiary/aromatic N) is 2. The van der Waals surface area contributed by atoms with Crippen LogP contribution < -0.4 is 10.0 Å². The summed E-state index contributed by atoms with van der Waals surface area (Å²) in [5.41, 5.74) is 1.36. The first-order valence-electron chi connectivity index (χ1n) is 7.19. The van der Waals surface area contributed by atoms with E-state index in [0.717, 1.165) is 29.8 Å². The number of rotatable bonds is 5. The maximum absolute atomic E-state index is 12.7. The molecule has 1 aliphatic heterocycles. The standard InChI is InChI=1S/C13H22N4O3S2/c1-9-11(12(14-2)21-16-9)13(18)17-6-4-5-10(8-17)7-15-22(3,19)20/h10,14-15H,4-8H2,1-3H3/t10-/m0/s1. The molecule has 0 unspecified atom stereocenters. The molecule has 1 aromatic rings. The largest absolute Gasteiger partial charge is 0.378 e. The van der Waals surface area contributed by atoms with E-state index in [0.29, 0.717) is 25.2 Å². The summed E-state index contributed by atoms with van der Waals surface area (Å²) < 4.78 is 29.2. The van der Waals surface area contributed by atoms with Crippen molar-refractivity contribution in [3.05, 3.63) is 11.3 Å². The Kier molecular flexibility index (Phi) is 5.41. The van der Waals surface area contributed by atoms with Crippen LogP contribution in [-0.4, -0.2) is 56.5 Å². The number of aromatic nitrogens is 1. The van der Waals surface area contributed by atoms with Gasteiger partial charge >= 0.3 is 0 Å². The average Bonchev–Trinajstić information content (AvgIpc) is 2.85. The minimum absolute atomic E-state index is 0.0281. The molecular formula is C13H22N4O3S2. The zero-order valence-electron chi connectivity index (χ0n) is 13.0. The van der Waals surface area contributed by atoms with Crippen LogP contribution in [0.4, 0.5) is 5.00 Å². The smallest absolute Gasteiger partial charge is 0.258 e. The summed E-state index contributed by atoms with van der Waals surface area (Å²) in [5.74, 6) is 0.122. The second kappa shape index (κ2) is 6.93. The summed E-state index contributed by atoms with van der Waals surface area (Å²) in [5, 5.41) is 3.79. The number of sulfonamides is 1. The van der Waals surface area contributed by atoms with Crippen molar-refractivity contribution in [2.24, 2.45) is 5.92 Å². The summed E-state index contributed by atoms with van der Waals surface area (Å²) in [7, 11) is -1.42. The van der Waals surface area contributed by atoms with Crippen LogP contribution in [-0.2, 0) is 10.0 Å². The van der Waals surface area contributed by atoms with Crippen molar-refractivity contribution in [3.63, 3.8) is 0 Å². The van der Waals surface area contributed by atoms with Crippen molar-refractivity contribution in [2.45, 2.75) is 19.8 Å². The van der Waals surface area contributed by atoms with Crippen LogP contribution in [0.15, 0.2) is 0 Å². The van der Waals surface area contributed by atoms with E-state index in [1.54, 1.807) is 11.9 Å². The summed E-state index contributed by atoms with van der Waals surface area (Å²) in [6, 6.07) is 0. The van der Waals surface area contributed by atoms with Crippen LogP contribution in [0, 0.1) is 12.8 Å². The molecule has 0 saturated carbocycles. The highest BCUT2D eigenvalue weighted by atomic mass is 32.2. The Hall–Kier alpha value is -1.19. The third-order valence-corrected chi connectivity index (χ3v) is 5.39.